The van der Waals surface area contributed by atoms with E-state index in [1.54, 1.807) is 23.1 Å². The average Bonchev–Trinajstić information content (AvgIpc) is 3.11. The predicted octanol–water partition coefficient (Wildman–Crippen LogP) is 3.00. The molecule has 3 rings (SSSR count). The number of carbonyl (C=O) groups is 2. The Morgan fingerprint density at radius 3 is 2.76 bits per heavy atom. The van der Waals surface area contributed by atoms with Gasteiger partial charge in [-0.15, -0.1) is 0 Å². The maximum atomic E-state index is 14.0. The smallest absolute Gasteiger partial charge is 0.317 e. The van der Waals surface area contributed by atoms with E-state index in [9.17, 15) is 19.1 Å². The van der Waals surface area contributed by atoms with E-state index in [0.29, 0.717) is 18.5 Å². The lowest BCUT2D eigenvalue weighted by Gasteiger charge is -2.28. The van der Waals surface area contributed by atoms with Crippen molar-refractivity contribution in [3.8, 4) is 0 Å². The molecule has 2 fully saturated rings. The summed E-state index contributed by atoms with van der Waals surface area (Å²) < 4.78 is 14.0. The number of urea groups is 1. The first kappa shape index (κ1) is 17.7. The highest BCUT2D eigenvalue weighted by atomic mass is 19.1. The van der Waals surface area contributed by atoms with Gasteiger partial charge in [-0.3, -0.25) is 4.79 Å². The van der Waals surface area contributed by atoms with Crippen LogP contribution >= 0.6 is 0 Å². The number of rotatable bonds is 4. The molecule has 2 atom stereocenters. The van der Waals surface area contributed by atoms with Crippen LogP contribution in [0.4, 0.5) is 9.18 Å². The molecule has 0 radical (unpaired) electrons. The van der Waals surface area contributed by atoms with Crippen LogP contribution < -0.4 is 5.32 Å². The van der Waals surface area contributed by atoms with Gasteiger partial charge >= 0.3 is 12.0 Å². The highest BCUT2D eigenvalue weighted by Gasteiger charge is 2.55. The number of hydrogen-bond acceptors (Lipinski definition) is 2. The van der Waals surface area contributed by atoms with E-state index in [1.165, 1.54) is 6.07 Å². The monoisotopic (exact) mass is 348 g/mol. The second-order valence-electron chi connectivity index (χ2n) is 7.95. The van der Waals surface area contributed by atoms with Gasteiger partial charge in [-0.25, -0.2) is 9.18 Å². The van der Waals surface area contributed by atoms with Crippen molar-refractivity contribution in [2.75, 3.05) is 19.6 Å². The molecule has 0 bridgehead atoms. The first-order valence-corrected chi connectivity index (χ1v) is 8.77. The van der Waals surface area contributed by atoms with Gasteiger partial charge in [0.05, 0.1) is 5.41 Å². The molecule has 0 aromatic heterocycles. The van der Waals surface area contributed by atoms with E-state index in [-0.39, 0.29) is 30.9 Å². The summed E-state index contributed by atoms with van der Waals surface area (Å²) in [6.07, 6.45) is 2.40. The Kier molecular flexibility index (Phi) is 4.47. The molecule has 1 aromatic rings. The topological polar surface area (TPSA) is 69.6 Å². The quantitative estimate of drug-likeness (QED) is 0.879. The fourth-order valence-electron chi connectivity index (χ4n) is 4.31. The summed E-state index contributed by atoms with van der Waals surface area (Å²) >= 11 is 0. The lowest BCUT2D eigenvalue weighted by Crippen LogP contribution is -2.45. The minimum Gasteiger partial charge on any atom is -0.481 e. The molecule has 5 nitrogen and oxygen atoms in total. The molecule has 25 heavy (non-hydrogen) atoms. The van der Waals surface area contributed by atoms with Crippen molar-refractivity contribution in [2.24, 2.45) is 11.3 Å². The number of nitrogens with one attached hydrogen (secondary N) is 1. The number of fused-ring (bicyclic) bond motifs is 1. The zero-order valence-corrected chi connectivity index (χ0v) is 14.7. The summed E-state index contributed by atoms with van der Waals surface area (Å²) in [6.45, 7) is 4.79. The summed E-state index contributed by atoms with van der Waals surface area (Å²) in [6, 6.07) is 6.29. The van der Waals surface area contributed by atoms with Crippen LogP contribution in [0.5, 0.6) is 0 Å². The Labute approximate surface area is 147 Å². The molecule has 1 aliphatic heterocycles. The summed E-state index contributed by atoms with van der Waals surface area (Å²) in [5, 5.41) is 12.5. The third-order valence-corrected chi connectivity index (χ3v) is 5.87. The highest BCUT2D eigenvalue weighted by Crippen LogP contribution is 2.48. The van der Waals surface area contributed by atoms with Gasteiger partial charge in [-0.05, 0) is 30.4 Å². The molecule has 1 saturated carbocycles. The number of benzene rings is 1. The Morgan fingerprint density at radius 2 is 2.12 bits per heavy atom. The van der Waals surface area contributed by atoms with Gasteiger partial charge in [0.15, 0.2) is 0 Å². The number of nitrogens with zero attached hydrogens (tertiary/aromatic N) is 1. The molecule has 0 unspecified atom stereocenters. The number of hydrogen-bond donors (Lipinski definition) is 2. The molecule has 6 heteroatoms. The molecule has 2 aliphatic rings. The minimum absolute atomic E-state index is 0.0373. The van der Waals surface area contributed by atoms with Crippen LogP contribution in [0.2, 0.25) is 0 Å². The molecule has 136 valence electrons. The van der Waals surface area contributed by atoms with Crippen LogP contribution in [0.25, 0.3) is 0 Å². The van der Waals surface area contributed by atoms with Crippen molar-refractivity contribution >= 4 is 12.0 Å². The number of amides is 2. The van der Waals surface area contributed by atoms with Gasteiger partial charge in [0.2, 0.25) is 0 Å². The van der Waals surface area contributed by atoms with Crippen molar-refractivity contribution in [3.63, 3.8) is 0 Å². The van der Waals surface area contributed by atoms with Crippen molar-refractivity contribution in [3.05, 3.63) is 35.6 Å². The van der Waals surface area contributed by atoms with Crippen LogP contribution in [0.15, 0.2) is 24.3 Å². The van der Waals surface area contributed by atoms with Gasteiger partial charge < -0.3 is 15.3 Å². The van der Waals surface area contributed by atoms with Gasteiger partial charge in [0, 0.05) is 25.0 Å². The summed E-state index contributed by atoms with van der Waals surface area (Å²) in [4.78, 5) is 25.9. The number of carboxylic acid groups (broad SMARTS) is 1. The Balaban J connectivity index is 1.64. The fraction of sp³-hybridized carbons (Fsp3) is 0.579. The van der Waals surface area contributed by atoms with Crippen molar-refractivity contribution < 1.29 is 19.1 Å². The van der Waals surface area contributed by atoms with E-state index in [4.69, 9.17) is 0 Å². The second-order valence-corrected chi connectivity index (χ2v) is 7.95. The van der Waals surface area contributed by atoms with Crippen LogP contribution in [0.1, 0.15) is 38.7 Å². The maximum Gasteiger partial charge on any atom is 0.317 e. The van der Waals surface area contributed by atoms with Crippen LogP contribution in [0, 0.1) is 17.2 Å². The molecule has 1 aromatic carbocycles. The van der Waals surface area contributed by atoms with Gasteiger partial charge in [0.1, 0.15) is 5.82 Å². The third-order valence-electron chi connectivity index (χ3n) is 5.87. The first-order chi connectivity index (χ1) is 11.8. The van der Waals surface area contributed by atoms with Crippen LogP contribution in [-0.2, 0) is 10.2 Å². The Hall–Kier alpha value is -2.11. The summed E-state index contributed by atoms with van der Waals surface area (Å²) in [7, 11) is 0. The lowest BCUT2D eigenvalue weighted by molar-refractivity contribution is -0.149. The van der Waals surface area contributed by atoms with Crippen molar-refractivity contribution in [2.45, 2.75) is 38.5 Å². The molecule has 1 aliphatic carbocycles. The molecule has 2 N–H and O–H groups in total. The van der Waals surface area contributed by atoms with Gasteiger partial charge in [-0.2, -0.15) is 0 Å². The van der Waals surface area contributed by atoms with Crippen LogP contribution in [0.3, 0.4) is 0 Å². The Bertz CT molecular complexity index is 691. The SMILES string of the molecule is CC(C)(CNC(=O)N1C[C@@H]2CCC[C@@]2(C(=O)O)C1)c1ccccc1F. The van der Waals surface area contributed by atoms with E-state index in [0.717, 1.165) is 12.8 Å². The van der Waals surface area contributed by atoms with E-state index in [1.807, 2.05) is 13.8 Å². The van der Waals surface area contributed by atoms with E-state index < -0.39 is 16.8 Å². The number of carboxylic acids is 1. The predicted molar refractivity (Wildman–Crippen MR) is 91.8 cm³/mol. The fourth-order valence-corrected chi connectivity index (χ4v) is 4.31. The summed E-state index contributed by atoms with van der Waals surface area (Å²) in [5.74, 6) is -1.05. The number of halogens is 1. The highest BCUT2D eigenvalue weighted by molar-refractivity contribution is 5.80. The van der Waals surface area contributed by atoms with E-state index >= 15 is 0 Å². The molecular formula is C19H25FN2O3. The van der Waals surface area contributed by atoms with Gasteiger partial charge in [0.25, 0.3) is 0 Å². The van der Waals surface area contributed by atoms with Crippen LogP contribution in [-0.4, -0.2) is 41.6 Å². The molecule has 1 heterocycles. The van der Waals surface area contributed by atoms with Crippen molar-refractivity contribution in [1.82, 2.24) is 10.2 Å². The third kappa shape index (κ3) is 3.10. The zero-order chi connectivity index (χ0) is 18.2. The number of carbonyl (C=O) groups excluding carboxylic acids is 1. The Morgan fingerprint density at radius 1 is 1.40 bits per heavy atom. The van der Waals surface area contributed by atoms with Crippen molar-refractivity contribution in [1.29, 1.82) is 0 Å². The minimum atomic E-state index is -0.794. The molecule has 1 saturated heterocycles. The van der Waals surface area contributed by atoms with E-state index in [2.05, 4.69) is 5.32 Å². The molecule has 0 spiro atoms. The standard InChI is InChI=1S/C19H25FN2O3/c1-18(2,14-7-3-4-8-15(14)20)11-21-17(25)22-10-13-6-5-9-19(13,12-22)16(23)24/h3-4,7-8,13H,5-6,9-12H2,1-2H3,(H,21,25)(H,23,24)/t13-,19+/m0/s1. The largest absolute Gasteiger partial charge is 0.481 e. The average molecular weight is 348 g/mol. The first-order valence-electron chi connectivity index (χ1n) is 8.77. The molecular weight excluding hydrogens is 323 g/mol. The normalized spacial score (nSPS) is 25.7. The lowest BCUT2D eigenvalue weighted by atomic mass is 9.81. The summed E-state index contributed by atoms with van der Waals surface area (Å²) in [5.41, 5.74) is -0.782. The molecule has 2 amide bonds. The number of aliphatic carboxylic acids is 1. The zero-order valence-electron chi connectivity index (χ0n) is 14.7. The van der Waals surface area contributed by atoms with Gasteiger partial charge in [-0.1, -0.05) is 38.5 Å². The second kappa shape index (κ2) is 6.32. The maximum absolute atomic E-state index is 14.0. The number of likely N-dealkylation sites (tertiary alicyclic amines) is 1.